The Morgan fingerprint density at radius 2 is 2.07 bits per heavy atom. The van der Waals surface area contributed by atoms with Gasteiger partial charge < -0.3 is 5.73 Å². The topological polar surface area (TPSA) is 38.4 Å². The number of aliphatic imine (C=N–C) groups is 1. The number of nitrogens with zero attached hydrogens (tertiary/aromatic N) is 1. The summed E-state index contributed by atoms with van der Waals surface area (Å²) in [5, 5.41) is 1.24. The Kier molecular flexibility index (Phi) is 2.77. The highest BCUT2D eigenvalue weighted by atomic mass is 32.2. The van der Waals surface area contributed by atoms with Crippen LogP contribution in [0.25, 0.3) is 0 Å². The highest BCUT2D eigenvalue weighted by Gasteiger charge is 2.24. The Hall–Kier alpha value is -0.960. The molecule has 0 bridgehead atoms. The molecule has 1 aliphatic rings. The number of hydrogen-bond acceptors (Lipinski definition) is 3. The molecule has 0 amide bonds. The number of amidine groups is 1. The van der Waals surface area contributed by atoms with E-state index in [1.807, 2.05) is 6.07 Å². The predicted molar refractivity (Wildman–Crippen MR) is 62.6 cm³/mol. The van der Waals surface area contributed by atoms with Crippen molar-refractivity contribution >= 4 is 16.9 Å². The average molecular weight is 206 g/mol. The van der Waals surface area contributed by atoms with E-state index in [2.05, 4.69) is 36.2 Å². The van der Waals surface area contributed by atoms with Gasteiger partial charge in [-0.05, 0) is 12.0 Å². The smallest absolute Gasteiger partial charge is 0.154 e. The van der Waals surface area contributed by atoms with Gasteiger partial charge in [0.1, 0.15) is 0 Å². The Morgan fingerprint density at radius 1 is 1.36 bits per heavy atom. The monoisotopic (exact) mass is 206 g/mol. The van der Waals surface area contributed by atoms with Gasteiger partial charge in [0, 0.05) is 5.25 Å². The minimum absolute atomic E-state index is 0.349. The van der Waals surface area contributed by atoms with Crippen LogP contribution in [0, 0.1) is 0 Å². The average Bonchev–Trinajstić information content (AvgIpc) is 2.47. The van der Waals surface area contributed by atoms with E-state index in [0.29, 0.717) is 11.3 Å². The van der Waals surface area contributed by atoms with Crippen molar-refractivity contribution in [1.29, 1.82) is 0 Å². The highest BCUT2D eigenvalue weighted by molar-refractivity contribution is 8.14. The summed E-state index contributed by atoms with van der Waals surface area (Å²) >= 11 is 1.68. The second-order valence-corrected chi connectivity index (χ2v) is 4.94. The summed E-state index contributed by atoms with van der Waals surface area (Å²) in [6.07, 6.45) is 0.996. The first-order chi connectivity index (χ1) is 6.75. The molecular formula is C11H14N2S. The zero-order valence-electron chi connectivity index (χ0n) is 8.18. The third-order valence-corrected chi connectivity index (χ3v) is 3.46. The molecule has 14 heavy (non-hydrogen) atoms. The fraction of sp³-hybridized carbons (Fsp3) is 0.364. The molecule has 1 aromatic carbocycles. The van der Waals surface area contributed by atoms with E-state index in [4.69, 9.17) is 5.73 Å². The van der Waals surface area contributed by atoms with Crippen LogP contribution in [0.2, 0.25) is 0 Å². The Morgan fingerprint density at radius 3 is 2.64 bits per heavy atom. The lowest BCUT2D eigenvalue weighted by atomic mass is 10.0. The zero-order chi connectivity index (χ0) is 9.97. The summed E-state index contributed by atoms with van der Waals surface area (Å²) in [5.41, 5.74) is 7.02. The van der Waals surface area contributed by atoms with E-state index in [9.17, 15) is 0 Å². The summed E-state index contributed by atoms with van der Waals surface area (Å²) in [6.45, 7) is 2.18. The molecule has 0 saturated heterocycles. The van der Waals surface area contributed by atoms with Crippen LogP contribution in [0.3, 0.4) is 0 Å². The third kappa shape index (κ3) is 2.10. The van der Waals surface area contributed by atoms with Crippen LogP contribution < -0.4 is 5.73 Å². The van der Waals surface area contributed by atoms with Gasteiger partial charge in [-0.25, -0.2) is 0 Å². The lowest BCUT2D eigenvalue weighted by molar-refractivity contribution is 0.675. The van der Waals surface area contributed by atoms with Crippen LogP contribution in [-0.2, 0) is 6.42 Å². The highest BCUT2D eigenvalue weighted by Crippen LogP contribution is 2.26. The van der Waals surface area contributed by atoms with Crippen LogP contribution in [0.1, 0.15) is 12.5 Å². The van der Waals surface area contributed by atoms with Crippen molar-refractivity contribution in [2.75, 3.05) is 0 Å². The first-order valence-corrected chi connectivity index (χ1v) is 5.67. The molecule has 0 aliphatic carbocycles. The lowest BCUT2D eigenvalue weighted by Crippen LogP contribution is -2.16. The molecule has 0 unspecified atom stereocenters. The number of benzene rings is 1. The molecule has 0 spiro atoms. The van der Waals surface area contributed by atoms with Crippen molar-refractivity contribution in [3.05, 3.63) is 35.9 Å². The van der Waals surface area contributed by atoms with Crippen LogP contribution >= 0.6 is 11.8 Å². The summed E-state index contributed by atoms with van der Waals surface area (Å²) in [4.78, 5) is 4.42. The van der Waals surface area contributed by atoms with Crippen LogP contribution in [0.15, 0.2) is 35.3 Å². The van der Waals surface area contributed by atoms with Gasteiger partial charge in [0.15, 0.2) is 5.17 Å². The predicted octanol–water partition coefficient (Wildman–Crippen LogP) is 2.05. The van der Waals surface area contributed by atoms with Gasteiger partial charge in [-0.15, -0.1) is 0 Å². The van der Waals surface area contributed by atoms with Gasteiger partial charge in [0.25, 0.3) is 0 Å². The van der Waals surface area contributed by atoms with E-state index in [1.54, 1.807) is 11.8 Å². The lowest BCUT2D eigenvalue weighted by Gasteiger charge is -2.11. The van der Waals surface area contributed by atoms with E-state index >= 15 is 0 Å². The van der Waals surface area contributed by atoms with Crippen LogP contribution in [0.5, 0.6) is 0 Å². The molecule has 0 radical (unpaired) electrons. The van der Waals surface area contributed by atoms with Crippen molar-refractivity contribution < 1.29 is 0 Å². The van der Waals surface area contributed by atoms with Gasteiger partial charge in [-0.3, -0.25) is 4.99 Å². The fourth-order valence-electron chi connectivity index (χ4n) is 1.64. The van der Waals surface area contributed by atoms with Gasteiger partial charge >= 0.3 is 0 Å². The van der Waals surface area contributed by atoms with Gasteiger partial charge in [0.2, 0.25) is 0 Å². The number of thioether (sulfide) groups is 1. The zero-order valence-corrected chi connectivity index (χ0v) is 9.00. The molecule has 74 valence electrons. The normalized spacial score (nSPS) is 26.2. The standard InChI is InChI=1S/C11H14N2S/c1-8-10(13-11(12)14-8)7-9-5-3-2-4-6-9/h2-6,8,10H,7H2,1H3,(H2,12,13)/t8-,10-/m1/s1. The minimum atomic E-state index is 0.349. The molecule has 2 atom stereocenters. The van der Waals surface area contributed by atoms with Crippen molar-refractivity contribution in [2.45, 2.75) is 24.6 Å². The largest absolute Gasteiger partial charge is 0.379 e. The van der Waals surface area contributed by atoms with Crippen molar-refractivity contribution in [3.63, 3.8) is 0 Å². The van der Waals surface area contributed by atoms with Gasteiger partial charge in [0.05, 0.1) is 6.04 Å². The molecular weight excluding hydrogens is 192 g/mol. The van der Waals surface area contributed by atoms with Crippen LogP contribution in [0.4, 0.5) is 0 Å². The molecule has 3 heteroatoms. The SMILES string of the molecule is C[C@H]1SC(N)=N[C@@H]1Cc1ccccc1. The summed E-state index contributed by atoms with van der Waals surface area (Å²) in [7, 11) is 0. The molecule has 1 aliphatic heterocycles. The maximum atomic E-state index is 5.68. The molecule has 1 aromatic rings. The minimum Gasteiger partial charge on any atom is -0.379 e. The van der Waals surface area contributed by atoms with Crippen molar-refractivity contribution in [1.82, 2.24) is 0 Å². The molecule has 1 heterocycles. The van der Waals surface area contributed by atoms with E-state index in [1.165, 1.54) is 5.56 Å². The molecule has 0 fully saturated rings. The molecule has 2 N–H and O–H groups in total. The second-order valence-electron chi connectivity index (χ2n) is 3.55. The maximum absolute atomic E-state index is 5.68. The number of nitrogens with two attached hydrogens (primary N) is 1. The van der Waals surface area contributed by atoms with Crippen LogP contribution in [-0.4, -0.2) is 16.5 Å². The number of hydrogen-bond donors (Lipinski definition) is 1. The number of rotatable bonds is 2. The van der Waals surface area contributed by atoms with E-state index in [-0.39, 0.29) is 0 Å². The maximum Gasteiger partial charge on any atom is 0.154 e. The fourth-order valence-corrected chi connectivity index (χ4v) is 2.53. The Labute approximate surface area is 88.6 Å². The quantitative estimate of drug-likeness (QED) is 0.804. The molecule has 0 saturated carbocycles. The molecule has 0 aromatic heterocycles. The molecule has 2 nitrogen and oxygen atoms in total. The molecule has 2 rings (SSSR count). The van der Waals surface area contributed by atoms with E-state index < -0.39 is 0 Å². The summed E-state index contributed by atoms with van der Waals surface area (Å²) < 4.78 is 0. The Balaban J connectivity index is 2.05. The third-order valence-electron chi connectivity index (χ3n) is 2.43. The second kappa shape index (κ2) is 4.05. The van der Waals surface area contributed by atoms with Gasteiger partial charge in [-0.1, -0.05) is 49.0 Å². The summed E-state index contributed by atoms with van der Waals surface area (Å²) in [6, 6.07) is 10.8. The first kappa shape index (κ1) is 9.59. The van der Waals surface area contributed by atoms with Crippen molar-refractivity contribution in [2.24, 2.45) is 10.7 Å². The Bertz CT molecular complexity index is 334. The summed E-state index contributed by atoms with van der Waals surface area (Å²) in [5.74, 6) is 0. The van der Waals surface area contributed by atoms with E-state index in [0.717, 1.165) is 11.6 Å². The first-order valence-electron chi connectivity index (χ1n) is 4.79. The van der Waals surface area contributed by atoms with Crippen molar-refractivity contribution in [3.8, 4) is 0 Å². The van der Waals surface area contributed by atoms with Gasteiger partial charge in [-0.2, -0.15) is 0 Å².